The average Bonchev–Trinajstić information content (AvgIpc) is 3.40. The van der Waals surface area contributed by atoms with E-state index in [4.69, 9.17) is 11.6 Å². The highest BCUT2D eigenvalue weighted by Gasteiger charge is 2.33. The maximum absolute atomic E-state index is 13.0. The average molecular weight is 512 g/mol. The minimum Gasteiger partial charge on any atom is -0.342 e. The molecule has 3 aromatic rings. The Balaban J connectivity index is 1.44. The number of aromatic nitrogens is 3. The number of amides is 2. The van der Waals surface area contributed by atoms with Crippen LogP contribution in [0.15, 0.2) is 30.7 Å². The molecule has 1 aliphatic heterocycles. The summed E-state index contributed by atoms with van der Waals surface area (Å²) < 4.78 is 39.1. The fourth-order valence-electron chi connectivity index (χ4n) is 3.24. The number of nitrogens with zero attached hydrogens (tertiary/aromatic N) is 4. The van der Waals surface area contributed by atoms with Gasteiger partial charge in [0.2, 0.25) is 0 Å². The number of hydrogen-bond acceptors (Lipinski definition) is 8. The first kappa shape index (κ1) is 23.9. The Morgan fingerprint density at radius 3 is 2.74 bits per heavy atom. The van der Waals surface area contributed by atoms with E-state index in [0.29, 0.717) is 22.9 Å². The molecule has 0 fully saturated rings. The van der Waals surface area contributed by atoms with E-state index in [2.05, 4.69) is 31.0 Å². The lowest BCUT2D eigenvalue weighted by molar-refractivity contribution is -0.137. The Kier molecular flexibility index (Phi) is 6.43. The minimum atomic E-state index is -4.65. The molecule has 9 nitrogen and oxygen atoms in total. The maximum atomic E-state index is 13.0. The van der Waals surface area contributed by atoms with Crippen molar-refractivity contribution in [3.05, 3.63) is 62.5 Å². The Labute approximate surface area is 200 Å². The number of hydrazine groups is 1. The topological polar surface area (TPSA) is 112 Å². The van der Waals surface area contributed by atoms with Gasteiger partial charge >= 0.3 is 6.18 Å². The van der Waals surface area contributed by atoms with Gasteiger partial charge in [0, 0.05) is 24.8 Å². The monoisotopic (exact) mass is 511 g/mol. The van der Waals surface area contributed by atoms with E-state index in [9.17, 15) is 22.8 Å². The van der Waals surface area contributed by atoms with Gasteiger partial charge in [-0.05, 0) is 25.1 Å². The Hall–Kier alpha value is -3.29. The number of rotatable bonds is 5. The predicted octanol–water partition coefficient (Wildman–Crippen LogP) is 4.12. The molecule has 0 aliphatic carbocycles. The fraction of sp³-hybridized carbons (Fsp3) is 0.250. The number of fused-ring (bicyclic) bond motifs is 1. The molecule has 2 aromatic heterocycles. The van der Waals surface area contributed by atoms with E-state index >= 15 is 0 Å². The van der Waals surface area contributed by atoms with Crippen LogP contribution in [-0.2, 0) is 12.7 Å². The van der Waals surface area contributed by atoms with Gasteiger partial charge in [-0.25, -0.2) is 20.0 Å². The molecule has 1 unspecified atom stereocenters. The van der Waals surface area contributed by atoms with Gasteiger partial charge in [-0.3, -0.25) is 9.59 Å². The van der Waals surface area contributed by atoms with Gasteiger partial charge in [0.1, 0.15) is 27.7 Å². The zero-order valence-corrected chi connectivity index (χ0v) is 19.3. The van der Waals surface area contributed by atoms with Crippen molar-refractivity contribution in [2.45, 2.75) is 25.7 Å². The predicted molar refractivity (Wildman–Crippen MR) is 120 cm³/mol. The number of nitrogens with one attached hydrogen (secondary N) is 3. The number of halogens is 4. The zero-order chi connectivity index (χ0) is 24.6. The van der Waals surface area contributed by atoms with E-state index in [1.807, 2.05) is 7.05 Å². The van der Waals surface area contributed by atoms with E-state index < -0.39 is 34.6 Å². The number of thiazole rings is 1. The van der Waals surface area contributed by atoms with E-state index in [0.717, 1.165) is 23.5 Å². The van der Waals surface area contributed by atoms with Gasteiger partial charge in [0.25, 0.3) is 11.8 Å². The van der Waals surface area contributed by atoms with Gasteiger partial charge in [0.05, 0.1) is 22.8 Å². The van der Waals surface area contributed by atoms with Gasteiger partial charge in [-0.1, -0.05) is 11.6 Å². The molecule has 34 heavy (non-hydrogen) atoms. The maximum Gasteiger partial charge on any atom is 0.417 e. The summed E-state index contributed by atoms with van der Waals surface area (Å²) in [6.45, 7) is 2.15. The van der Waals surface area contributed by atoms with Crippen molar-refractivity contribution in [1.29, 1.82) is 0 Å². The Bertz CT molecular complexity index is 1270. The van der Waals surface area contributed by atoms with Crippen LogP contribution >= 0.6 is 22.9 Å². The highest BCUT2D eigenvalue weighted by atomic mass is 35.5. The summed E-state index contributed by atoms with van der Waals surface area (Å²) in [5, 5.41) is 6.93. The molecule has 0 saturated carbocycles. The Morgan fingerprint density at radius 2 is 2.00 bits per heavy atom. The van der Waals surface area contributed by atoms with Crippen molar-refractivity contribution in [1.82, 2.24) is 25.3 Å². The van der Waals surface area contributed by atoms with Crippen LogP contribution < -0.4 is 16.1 Å². The van der Waals surface area contributed by atoms with Gasteiger partial charge < -0.3 is 16.1 Å². The van der Waals surface area contributed by atoms with Crippen LogP contribution in [-0.4, -0.2) is 38.8 Å². The lowest BCUT2D eigenvalue weighted by Crippen LogP contribution is -2.28. The first-order chi connectivity index (χ1) is 16.0. The quantitative estimate of drug-likeness (QED) is 0.472. The smallest absolute Gasteiger partial charge is 0.342 e. The van der Waals surface area contributed by atoms with Crippen LogP contribution in [0.4, 0.5) is 24.7 Å². The number of carbonyl (C=O) groups excluding carboxylic acids is 2. The first-order valence-corrected chi connectivity index (χ1v) is 11.0. The first-order valence-electron chi connectivity index (χ1n) is 9.79. The molecule has 0 radical (unpaired) electrons. The second-order valence-electron chi connectivity index (χ2n) is 7.42. The fourth-order valence-corrected chi connectivity index (χ4v) is 4.28. The SMILES string of the molecule is CC(NC(=O)c1ncnc2c1CN(C)N2)c1ncc(C(=O)Nc2ccc(Cl)c(C(F)(F)F)c2)s1. The minimum absolute atomic E-state index is 0.0609. The molecule has 3 heterocycles. The van der Waals surface area contributed by atoms with Crippen molar-refractivity contribution in [3.63, 3.8) is 0 Å². The summed E-state index contributed by atoms with van der Waals surface area (Å²) in [5.41, 5.74) is 2.79. The van der Waals surface area contributed by atoms with E-state index in [-0.39, 0.29) is 16.3 Å². The highest BCUT2D eigenvalue weighted by molar-refractivity contribution is 7.13. The molecule has 1 atom stereocenters. The molecule has 4 rings (SSSR count). The van der Waals surface area contributed by atoms with Gasteiger partial charge in [-0.2, -0.15) is 13.2 Å². The standard InChI is InChI=1S/C20H17ClF3N7O2S/c1-9(28-18(33)15-11-7-31(2)30-16(11)27-8-26-15)19-25-6-14(34-19)17(32)29-10-3-4-13(21)12(5-10)20(22,23)24/h3-6,8-9H,7H2,1-2H3,(H,28,33)(H,29,32)(H,26,27,30). The molecule has 14 heteroatoms. The summed E-state index contributed by atoms with van der Waals surface area (Å²) >= 11 is 6.61. The van der Waals surface area contributed by atoms with Gasteiger partial charge in [-0.15, -0.1) is 11.3 Å². The summed E-state index contributed by atoms with van der Waals surface area (Å²) in [7, 11) is 1.81. The second kappa shape index (κ2) is 9.16. The summed E-state index contributed by atoms with van der Waals surface area (Å²) in [6.07, 6.45) is -2.07. The van der Waals surface area contributed by atoms with Crippen LogP contribution in [0.1, 0.15) is 49.3 Å². The van der Waals surface area contributed by atoms with Crippen molar-refractivity contribution < 1.29 is 22.8 Å². The van der Waals surface area contributed by atoms with Crippen LogP contribution in [0.3, 0.4) is 0 Å². The number of hydrogen-bond donors (Lipinski definition) is 3. The van der Waals surface area contributed by atoms with Crippen LogP contribution in [0, 0.1) is 0 Å². The second-order valence-corrected chi connectivity index (χ2v) is 8.89. The van der Waals surface area contributed by atoms with E-state index in [1.165, 1.54) is 18.6 Å². The number of anilines is 2. The van der Waals surface area contributed by atoms with Crippen molar-refractivity contribution >= 4 is 46.3 Å². The van der Waals surface area contributed by atoms with Crippen LogP contribution in [0.25, 0.3) is 0 Å². The van der Waals surface area contributed by atoms with Crippen molar-refractivity contribution in [2.75, 3.05) is 17.8 Å². The normalized spacial score (nSPS) is 14.3. The van der Waals surface area contributed by atoms with Gasteiger partial charge in [0.15, 0.2) is 0 Å². The lowest BCUT2D eigenvalue weighted by Gasteiger charge is -2.12. The molecule has 178 valence electrons. The molecule has 1 aliphatic rings. The number of benzene rings is 1. The van der Waals surface area contributed by atoms with Crippen LogP contribution in [0.2, 0.25) is 5.02 Å². The molecule has 3 N–H and O–H groups in total. The summed E-state index contributed by atoms with van der Waals surface area (Å²) in [5.74, 6) is -0.509. The summed E-state index contributed by atoms with van der Waals surface area (Å²) in [4.78, 5) is 37.8. The van der Waals surface area contributed by atoms with Crippen LogP contribution in [0.5, 0.6) is 0 Å². The zero-order valence-electron chi connectivity index (χ0n) is 17.7. The summed E-state index contributed by atoms with van der Waals surface area (Å²) in [6, 6.07) is 2.54. The lowest BCUT2D eigenvalue weighted by atomic mass is 10.2. The molecule has 1 aromatic carbocycles. The molecular weight excluding hydrogens is 495 g/mol. The molecule has 0 saturated heterocycles. The highest BCUT2D eigenvalue weighted by Crippen LogP contribution is 2.36. The largest absolute Gasteiger partial charge is 0.417 e. The number of carbonyl (C=O) groups is 2. The van der Waals surface area contributed by atoms with Crippen molar-refractivity contribution in [2.24, 2.45) is 0 Å². The third-order valence-corrected chi connectivity index (χ3v) is 6.36. The molecule has 0 bridgehead atoms. The van der Waals surface area contributed by atoms with E-state index in [1.54, 1.807) is 11.9 Å². The third kappa shape index (κ3) is 4.95. The number of alkyl halides is 3. The molecular formula is C20H17ClF3N7O2S. The molecule has 0 spiro atoms. The Morgan fingerprint density at radius 1 is 1.24 bits per heavy atom. The third-order valence-electron chi connectivity index (χ3n) is 4.85. The molecule has 2 amide bonds. The van der Waals surface area contributed by atoms with Crippen molar-refractivity contribution in [3.8, 4) is 0 Å².